The van der Waals surface area contributed by atoms with Crippen LogP contribution in [0.5, 0.6) is 0 Å². The van der Waals surface area contributed by atoms with E-state index in [1.807, 2.05) is 0 Å². The van der Waals surface area contributed by atoms with Gasteiger partial charge in [-0.15, -0.1) is 0 Å². The Morgan fingerprint density at radius 2 is 2.11 bits per heavy atom. The summed E-state index contributed by atoms with van der Waals surface area (Å²) in [5.41, 5.74) is 1.60. The average molecular weight is 311 g/mol. The second-order valence-electron chi connectivity index (χ2n) is 5.77. The van der Waals surface area contributed by atoms with Crippen LogP contribution in [0, 0.1) is 0 Å². The molecule has 1 heterocycles. The molecule has 0 saturated carbocycles. The first-order valence-corrected chi connectivity index (χ1v) is 7.54. The lowest BCUT2D eigenvalue weighted by Gasteiger charge is -2.46. The second kappa shape index (κ2) is 5.72. The van der Waals surface area contributed by atoms with Crippen molar-refractivity contribution in [1.82, 2.24) is 10.2 Å². The maximum absolute atomic E-state index is 3.65. The molecule has 0 bridgehead atoms. The van der Waals surface area contributed by atoms with E-state index in [0.717, 1.165) is 19.6 Å². The minimum Gasteiger partial charge on any atom is -0.311 e. The van der Waals surface area contributed by atoms with E-state index in [0.29, 0.717) is 6.04 Å². The summed E-state index contributed by atoms with van der Waals surface area (Å²) in [7, 11) is 0. The van der Waals surface area contributed by atoms with Crippen molar-refractivity contribution in [2.45, 2.75) is 45.3 Å². The molecule has 1 aromatic carbocycles. The number of hydrogen-bond acceptors (Lipinski definition) is 2. The van der Waals surface area contributed by atoms with Crippen molar-refractivity contribution in [1.29, 1.82) is 0 Å². The van der Waals surface area contributed by atoms with Crippen molar-refractivity contribution in [3.05, 3.63) is 34.3 Å². The fourth-order valence-electron chi connectivity index (χ4n) is 2.47. The van der Waals surface area contributed by atoms with Crippen molar-refractivity contribution < 1.29 is 0 Å². The highest BCUT2D eigenvalue weighted by Gasteiger charge is 2.33. The van der Waals surface area contributed by atoms with E-state index in [1.54, 1.807) is 0 Å². The van der Waals surface area contributed by atoms with Gasteiger partial charge in [-0.1, -0.05) is 41.1 Å². The van der Waals surface area contributed by atoms with Crippen LogP contribution in [-0.4, -0.2) is 29.6 Å². The summed E-state index contributed by atoms with van der Waals surface area (Å²) in [5.74, 6) is 0. The zero-order valence-corrected chi connectivity index (χ0v) is 13.1. The number of hydrogen-bond donors (Lipinski definition) is 1. The Morgan fingerprint density at radius 1 is 1.39 bits per heavy atom. The molecule has 1 saturated heterocycles. The van der Waals surface area contributed by atoms with Gasteiger partial charge < -0.3 is 5.32 Å². The molecule has 1 N–H and O–H groups in total. The summed E-state index contributed by atoms with van der Waals surface area (Å²) < 4.78 is 1.22. The molecule has 1 atom stereocenters. The molecular formula is C15H23BrN2. The van der Waals surface area contributed by atoms with Gasteiger partial charge in [0.2, 0.25) is 0 Å². The molecular weight excluding hydrogens is 288 g/mol. The fraction of sp³-hybridized carbons (Fsp3) is 0.600. The summed E-state index contributed by atoms with van der Waals surface area (Å²) >= 11 is 3.65. The Bertz CT molecular complexity index is 403. The van der Waals surface area contributed by atoms with E-state index in [4.69, 9.17) is 0 Å². The predicted octanol–water partition coefficient (Wildman–Crippen LogP) is 3.41. The molecule has 0 radical (unpaired) electrons. The van der Waals surface area contributed by atoms with Crippen molar-refractivity contribution in [3.63, 3.8) is 0 Å². The lowest BCUT2D eigenvalue weighted by atomic mass is 9.95. The van der Waals surface area contributed by atoms with Crippen LogP contribution in [0.15, 0.2) is 28.7 Å². The summed E-state index contributed by atoms with van der Waals surface area (Å²) in [6.07, 6.45) is 1.20. The third-order valence-electron chi connectivity index (χ3n) is 3.93. The summed E-state index contributed by atoms with van der Waals surface area (Å²) in [6.45, 7) is 10.1. The SMILES string of the molecule is CCC1CN(Cc2ccccc2Br)C(C)(C)CN1. The minimum absolute atomic E-state index is 0.223. The van der Waals surface area contributed by atoms with Gasteiger partial charge in [-0.25, -0.2) is 0 Å². The third-order valence-corrected chi connectivity index (χ3v) is 4.71. The Kier molecular flexibility index (Phi) is 4.46. The number of benzene rings is 1. The second-order valence-corrected chi connectivity index (χ2v) is 6.62. The predicted molar refractivity (Wildman–Crippen MR) is 80.7 cm³/mol. The average Bonchev–Trinajstić information content (AvgIpc) is 2.34. The topological polar surface area (TPSA) is 15.3 Å². The molecule has 3 heteroatoms. The summed E-state index contributed by atoms with van der Waals surface area (Å²) in [5, 5.41) is 3.64. The van der Waals surface area contributed by atoms with Gasteiger partial charge in [-0.05, 0) is 31.9 Å². The van der Waals surface area contributed by atoms with E-state index >= 15 is 0 Å². The van der Waals surface area contributed by atoms with Crippen LogP contribution in [0.25, 0.3) is 0 Å². The standard InChI is InChI=1S/C15H23BrN2/c1-4-13-10-18(15(2,3)11-17-13)9-12-7-5-6-8-14(12)16/h5-8,13,17H,4,9-11H2,1-3H3. The zero-order valence-electron chi connectivity index (χ0n) is 11.5. The van der Waals surface area contributed by atoms with Crippen LogP contribution < -0.4 is 5.32 Å². The highest BCUT2D eigenvalue weighted by Crippen LogP contribution is 2.25. The molecule has 1 fully saturated rings. The van der Waals surface area contributed by atoms with Crippen molar-refractivity contribution >= 4 is 15.9 Å². The van der Waals surface area contributed by atoms with Crippen LogP contribution in [0.2, 0.25) is 0 Å². The third kappa shape index (κ3) is 3.14. The normalized spacial score (nSPS) is 24.1. The first-order valence-electron chi connectivity index (χ1n) is 6.75. The van der Waals surface area contributed by atoms with E-state index in [2.05, 4.69) is 71.2 Å². The molecule has 100 valence electrons. The molecule has 1 aliphatic heterocycles. The molecule has 2 rings (SSSR count). The van der Waals surface area contributed by atoms with Crippen LogP contribution in [-0.2, 0) is 6.54 Å². The van der Waals surface area contributed by atoms with Gasteiger partial charge in [0.1, 0.15) is 0 Å². The molecule has 0 amide bonds. The van der Waals surface area contributed by atoms with Gasteiger partial charge in [-0.2, -0.15) is 0 Å². The molecule has 1 aromatic rings. The fourth-order valence-corrected chi connectivity index (χ4v) is 2.88. The van der Waals surface area contributed by atoms with Gasteiger partial charge in [0.25, 0.3) is 0 Å². The molecule has 0 aromatic heterocycles. The quantitative estimate of drug-likeness (QED) is 0.920. The van der Waals surface area contributed by atoms with Gasteiger partial charge >= 0.3 is 0 Å². The van der Waals surface area contributed by atoms with Gasteiger partial charge in [0, 0.05) is 35.7 Å². The number of halogens is 1. The lowest BCUT2D eigenvalue weighted by Crippen LogP contribution is -2.61. The van der Waals surface area contributed by atoms with Gasteiger partial charge in [-0.3, -0.25) is 4.90 Å². The molecule has 2 nitrogen and oxygen atoms in total. The molecule has 1 unspecified atom stereocenters. The maximum atomic E-state index is 3.65. The first-order chi connectivity index (χ1) is 8.53. The van der Waals surface area contributed by atoms with Crippen LogP contribution in [0.4, 0.5) is 0 Å². The Labute approximate surface area is 119 Å². The maximum Gasteiger partial charge on any atom is 0.0281 e. The lowest BCUT2D eigenvalue weighted by molar-refractivity contribution is 0.0575. The first kappa shape index (κ1) is 14.0. The van der Waals surface area contributed by atoms with Crippen molar-refractivity contribution in [2.75, 3.05) is 13.1 Å². The molecule has 0 aliphatic carbocycles. The van der Waals surface area contributed by atoms with Crippen LogP contribution in [0.3, 0.4) is 0 Å². The van der Waals surface area contributed by atoms with Crippen molar-refractivity contribution in [2.24, 2.45) is 0 Å². The minimum atomic E-state index is 0.223. The zero-order chi connectivity index (χ0) is 13.2. The number of rotatable bonds is 3. The van der Waals surface area contributed by atoms with E-state index in [-0.39, 0.29) is 5.54 Å². The van der Waals surface area contributed by atoms with Crippen LogP contribution >= 0.6 is 15.9 Å². The molecule has 1 aliphatic rings. The molecule has 18 heavy (non-hydrogen) atoms. The van der Waals surface area contributed by atoms with E-state index < -0.39 is 0 Å². The summed E-state index contributed by atoms with van der Waals surface area (Å²) in [4.78, 5) is 2.60. The van der Waals surface area contributed by atoms with E-state index in [1.165, 1.54) is 16.5 Å². The number of nitrogens with one attached hydrogen (secondary N) is 1. The number of piperazine rings is 1. The smallest absolute Gasteiger partial charge is 0.0281 e. The monoisotopic (exact) mass is 310 g/mol. The van der Waals surface area contributed by atoms with Gasteiger partial charge in [0.15, 0.2) is 0 Å². The Balaban J connectivity index is 2.12. The molecule has 0 spiro atoms. The Morgan fingerprint density at radius 3 is 2.78 bits per heavy atom. The largest absolute Gasteiger partial charge is 0.311 e. The van der Waals surface area contributed by atoms with E-state index in [9.17, 15) is 0 Å². The van der Waals surface area contributed by atoms with Gasteiger partial charge in [0.05, 0.1) is 0 Å². The summed E-state index contributed by atoms with van der Waals surface area (Å²) in [6, 6.07) is 9.16. The van der Waals surface area contributed by atoms with Crippen LogP contribution in [0.1, 0.15) is 32.8 Å². The highest BCUT2D eigenvalue weighted by atomic mass is 79.9. The van der Waals surface area contributed by atoms with Crippen molar-refractivity contribution in [3.8, 4) is 0 Å². The highest BCUT2D eigenvalue weighted by molar-refractivity contribution is 9.10. The number of nitrogens with zero attached hydrogens (tertiary/aromatic N) is 1. The Hall–Kier alpha value is -0.380.